The molecule has 1 saturated carbocycles. The Bertz CT molecular complexity index is 415. The summed E-state index contributed by atoms with van der Waals surface area (Å²) in [6.45, 7) is 7.19. The Hall–Kier alpha value is -0.960. The summed E-state index contributed by atoms with van der Waals surface area (Å²) in [6, 6.07) is 4.12. The molecule has 2 atom stereocenters. The Morgan fingerprint density at radius 2 is 2.06 bits per heavy atom. The maximum Gasteiger partial charge on any atom is 0.126 e. The molecule has 3 heteroatoms. The van der Waals surface area contributed by atoms with Gasteiger partial charge in [-0.05, 0) is 48.1 Å². The summed E-state index contributed by atoms with van der Waals surface area (Å²) in [6.07, 6.45) is 0.876. The van der Waals surface area contributed by atoms with E-state index in [4.69, 9.17) is 0 Å². The number of rotatable bonds is 3. The van der Waals surface area contributed by atoms with Gasteiger partial charge in [0.15, 0.2) is 0 Å². The molecule has 1 aromatic carbocycles. The summed E-state index contributed by atoms with van der Waals surface area (Å²) < 4.78 is 26.9. The van der Waals surface area contributed by atoms with Gasteiger partial charge in [0.1, 0.15) is 11.6 Å². The zero-order valence-corrected chi connectivity index (χ0v) is 10.6. The third kappa shape index (κ3) is 2.08. The molecule has 1 aliphatic rings. The lowest BCUT2D eigenvalue weighted by Gasteiger charge is -2.53. The first-order valence-electron chi connectivity index (χ1n) is 6.15. The molecule has 2 unspecified atom stereocenters. The summed E-state index contributed by atoms with van der Waals surface area (Å²) in [5.74, 6) is -0.550. The molecule has 1 aromatic rings. The molecule has 2 rings (SSSR count). The van der Waals surface area contributed by atoms with E-state index in [9.17, 15) is 8.78 Å². The summed E-state index contributed by atoms with van der Waals surface area (Å²) in [5, 5.41) is 3.39. The van der Waals surface area contributed by atoms with Gasteiger partial charge in [-0.3, -0.25) is 0 Å². The molecule has 17 heavy (non-hydrogen) atoms. The molecule has 1 aliphatic carbocycles. The van der Waals surface area contributed by atoms with E-state index in [-0.39, 0.29) is 23.0 Å². The third-order valence-electron chi connectivity index (χ3n) is 4.05. The third-order valence-corrected chi connectivity index (χ3v) is 4.05. The lowest BCUT2D eigenvalue weighted by Crippen LogP contribution is -2.55. The van der Waals surface area contributed by atoms with E-state index in [0.717, 1.165) is 13.0 Å². The van der Waals surface area contributed by atoms with Crippen molar-refractivity contribution in [2.45, 2.75) is 39.2 Å². The highest BCUT2D eigenvalue weighted by molar-refractivity contribution is 5.29. The first-order chi connectivity index (χ1) is 7.96. The van der Waals surface area contributed by atoms with Crippen LogP contribution in [0.1, 0.15) is 38.7 Å². The lowest BCUT2D eigenvalue weighted by molar-refractivity contribution is 0.0681. The van der Waals surface area contributed by atoms with E-state index in [1.54, 1.807) is 0 Å². The summed E-state index contributed by atoms with van der Waals surface area (Å²) >= 11 is 0. The smallest absolute Gasteiger partial charge is 0.126 e. The van der Waals surface area contributed by atoms with Crippen molar-refractivity contribution in [3.05, 3.63) is 35.4 Å². The molecule has 0 spiro atoms. The van der Waals surface area contributed by atoms with Gasteiger partial charge in [-0.1, -0.05) is 20.8 Å². The van der Waals surface area contributed by atoms with Gasteiger partial charge in [0.25, 0.3) is 0 Å². The zero-order valence-electron chi connectivity index (χ0n) is 10.6. The van der Waals surface area contributed by atoms with Crippen LogP contribution in [0.2, 0.25) is 0 Å². The molecule has 0 aliphatic heterocycles. The van der Waals surface area contributed by atoms with Crippen LogP contribution in [0.15, 0.2) is 18.2 Å². The molecule has 0 heterocycles. The molecule has 1 fully saturated rings. The van der Waals surface area contributed by atoms with Crippen LogP contribution in [0, 0.1) is 17.0 Å². The highest BCUT2D eigenvalue weighted by atomic mass is 19.1. The minimum Gasteiger partial charge on any atom is -0.314 e. The topological polar surface area (TPSA) is 12.0 Å². The van der Waals surface area contributed by atoms with E-state index in [0.29, 0.717) is 11.6 Å². The Kier molecular flexibility index (Phi) is 3.21. The Balaban J connectivity index is 2.23. The monoisotopic (exact) mass is 239 g/mol. The average Bonchev–Trinajstić information content (AvgIpc) is 2.28. The largest absolute Gasteiger partial charge is 0.314 e. The van der Waals surface area contributed by atoms with Gasteiger partial charge in [0.2, 0.25) is 0 Å². The predicted octanol–water partition coefficient (Wildman–Crippen LogP) is 3.46. The van der Waals surface area contributed by atoms with E-state index in [2.05, 4.69) is 26.1 Å². The van der Waals surface area contributed by atoms with Crippen LogP contribution in [0.25, 0.3) is 0 Å². The van der Waals surface area contributed by atoms with Crippen LogP contribution < -0.4 is 5.32 Å². The second kappa shape index (κ2) is 4.37. The SMILES string of the molecule is CCNC1CC(c2cc(F)ccc2F)C1(C)C. The van der Waals surface area contributed by atoms with E-state index < -0.39 is 0 Å². The normalized spacial score (nSPS) is 26.6. The van der Waals surface area contributed by atoms with Crippen molar-refractivity contribution in [2.75, 3.05) is 6.54 Å². The van der Waals surface area contributed by atoms with Crippen LogP contribution >= 0.6 is 0 Å². The fraction of sp³-hybridized carbons (Fsp3) is 0.571. The molecule has 0 bridgehead atoms. The summed E-state index contributed by atoms with van der Waals surface area (Å²) in [7, 11) is 0. The van der Waals surface area contributed by atoms with Crippen molar-refractivity contribution in [3.8, 4) is 0 Å². The van der Waals surface area contributed by atoms with E-state index >= 15 is 0 Å². The van der Waals surface area contributed by atoms with Gasteiger partial charge in [-0.2, -0.15) is 0 Å². The second-order valence-electron chi connectivity index (χ2n) is 5.39. The van der Waals surface area contributed by atoms with Gasteiger partial charge in [0, 0.05) is 6.04 Å². The standard InChI is InChI=1S/C14H19F2N/c1-4-17-13-8-11(14(13,2)3)10-7-9(15)5-6-12(10)16/h5-7,11,13,17H,4,8H2,1-3H3. The number of halogens is 2. The van der Waals surface area contributed by atoms with Crippen molar-refractivity contribution in [1.82, 2.24) is 5.32 Å². The highest BCUT2D eigenvalue weighted by Gasteiger charge is 2.49. The number of hydrogen-bond donors (Lipinski definition) is 1. The summed E-state index contributed by atoms with van der Waals surface area (Å²) in [5.41, 5.74) is 0.495. The first kappa shape index (κ1) is 12.5. The molecule has 0 radical (unpaired) electrons. The van der Waals surface area contributed by atoms with Crippen LogP contribution in [0.3, 0.4) is 0 Å². The van der Waals surface area contributed by atoms with Crippen molar-refractivity contribution in [3.63, 3.8) is 0 Å². The quantitative estimate of drug-likeness (QED) is 0.851. The molecule has 0 amide bonds. The minimum atomic E-state index is -0.357. The van der Waals surface area contributed by atoms with Crippen LogP contribution in [-0.2, 0) is 0 Å². The predicted molar refractivity (Wildman–Crippen MR) is 65.0 cm³/mol. The Labute approximate surface area is 101 Å². The Morgan fingerprint density at radius 3 is 2.65 bits per heavy atom. The van der Waals surface area contributed by atoms with Gasteiger partial charge in [-0.25, -0.2) is 8.78 Å². The minimum absolute atomic E-state index is 0.0232. The maximum atomic E-state index is 13.7. The van der Waals surface area contributed by atoms with Crippen LogP contribution in [-0.4, -0.2) is 12.6 Å². The van der Waals surface area contributed by atoms with Crippen molar-refractivity contribution in [2.24, 2.45) is 5.41 Å². The van der Waals surface area contributed by atoms with Gasteiger partial charge in [-0.15, -0.1) is 0 Å². The molecule has 0 saturated heterocycles. The molecule has 0 aromatic heterocycles. The molecule has 94 valence electrons. The van der Waals surface area contributed by atoms with E-state index in [1.165, 1.54) is 18.2 Å². The molecule has 1 N–H and O–H groups in total. The Morgan fingerprint density at radius 1 is 1.35 bits per heavy atom. The first-order valence-corrected chi connectivity index (χ1v) is 6.15. The summed E-state index contributed by atoms with van der Waals surface area (Å²) in [4.78, 5) is 0. The molecular weight excluding hydrogens is 220 g/mol. The highest BCUT2D eigenvalue weighted by Crippen LogP contribution is 2.53. The van der Waals surface area contributed by atoms with Crippen LogP contribution in [0.4, 0.5) is 8.78 Å². The number of hydrogen-bond acceptors (Lipinski definition) is 1. The van der Waals surface area contributed by atoms with Gasteiger partial charge in [0.05, 0.1) is 0 Å². The van der Waals surface area contributed by atoms with E-state index in [1.807, 2.05) is 0 Å². The van der Waals surface area contributed by atoms with Crippen molar-refractivity contribution in [1.29, 1.82) is 0 Å². The lowest BCUT2D eigenvalue weighted by atomic mass is 9.56. The fourth-order valence-electron chi connectivity index (χ4n) is 2.83. The van der Waals surface area contributed by atoms with Crippen molar-refractivity contribution >= 4 is 0 Å². The number of benzene rings is 1. The number of nitrogens with one attached hydrogen (secondary N) is 1. The zero-order chi connectivity index (χ0) is 12.6. The van der Waals surface area contributed by atoms with Gasteiger partial charge >= 0.3 is 0 Å². The molecule has 1 nitrogen and oxygen atoms in total. The second-order valence-corrected chi connectivity index (χ2v) is 5.39. The fourth-order valence-corrected chi connectivity index (χ4v) is 2.83. The van der Waals surface area contributed by atoms with Gasteiger partial charge < -0.3 is 5.32 Å². The van der Waals surface area contributed by atoms with Crippen LogP contribution in [0.5, 0.6) is 0 Å². The molecular formula is C14H19F2N. The maximum absolute atomic E-state index is 13.7. The average molecular weight is 239 g/mol. The van der Waals surface area contributed by atoms with Crippen molar-refractivity contribution < 1.29 is 8.78 Å².